The Morgan fingerprint density at radius 2 is 1.89 bits per heavy atom. The summed E-state index contributed by atoms with van der Waals surface area (Å²) in [5.74, 6) is 0.589. The van der Waals surface area contributed by atoms with E-state index in [-0.39, 0.29) is 35.7 Å². The fourth-order valence-corrected chi connectivity index (χ4v) is 2.27. The number of rotatable bonds is 5. The Hall–Kier alpha value is -2.57. The quantitative estimate of drug-likeness (QED) is 0.325. The molecule has 0 radical (unpaired) electrons. The molecule has 0 atom stereocenters. The van der Waals surface area contributed by atoms with Crippen molar-refractivity contribution in [3.8, 4) is 5.75 Å². The molecule has 0 aliphatic rings. The molecular formula is C16H16F3IN6O. The number of hydrogen-bond acceptors (Lipinski definition) is 4. The fourth-order valence-electron chi connectivity index (χ4n) is 2.27. The maximum Gasteiger partial charge on any atom is 0.573 e. The third kappa shape index (κ3) is 5.98. The van der Waals surface area contributed by atoms with Gasteiger partial charge in [-0.3, -0.25) is 9.39 Å². The van der Waals surface area contributed by atoms with Crippen LogP contribution in [0.15, 0.2) is 53.7 Å². The largest absolute Gasteiger partial charge is 0.573 e. The SMILES string of the molecule is I.NC(=NCCc1nnc2ccccn12)Nc1ccc(OC(F)(F)F)cc1. The summed E-state index contributed by atoms with van der Waals surface area (Å²) in [6, 6.07) is 10.8. The number of hydrogen-bond donors (Lipinski definition) is 2. The summed E-state index contributed by atoms with van der Waals surface area (Å²) in [6.45, 7) is 0.379. The van der Waals surface area contributed by atoms with Gasteiger partial charge in [0.25, 0.3) is 0 Å². The van der Waals surface area contributed by atoms with E-state index in [4.69, 9.17) is 5.73 Å². The van der Waals surface area contributed by atoms with Crippen molar-refractivity contribution in [2.75, 3.05) is 11.9 Å². The summed E-state index contributed by atoms with van der Waals surface area (Å²) in [7, 11) is 0. The minimum absolute atomic E-state index is 0. The van der Waals surface area contributed by atoms with Crippen molar-refractivity contribution in [1.82, 2.24) is 14.6 Å². The van der Waals surface area contributed by atoms with Gasteiger partial charge in [-0.1, -0.05) is 6.07 Å². The normalized spacial score (nSPS) is 11.9. The molecule has 2 heterocycles. The number of fused-ring (bicyclic) bond motifs is 1. The smallest absolute Gasteiger partial charge is 0.406 e. The minimum atomic E-state index is -4.72. The highest BCUT2D eigenvalue weighted by molar-refractivity contribution is 14.0. The van der Waals surface area contributed by atoms with Crippen LogP contribution in [0.25, 0.3) is 5.65 Å². The van der Waals surface area contributed by atoms with Crippen LogP contribution in [0, 0.1) is 0 Å². The summed E-state index contributed by atoms with van der Waals surface area (Å²) < 4.78 is 42.0. The number of nitrogens with zero attached hydrogens (tertiary/aromatic N) is 4. The van der Waals surface area contributed by atoms with Crippen LogP contribution in [0.2, 0.25) is 0 Å². The zero-order chi connectivity index (χ0) is 18.6. The molecule has 0 unspecified atom stereocenters. The van der Waals surface area contributed by atoms with Crippen molar-refractivity contribution in [1.29, 1.82) is 0 Å². The van der Waals surface area contributed by atoms with E-state index in [9.17, 15) is 13.2 Å². The van der Waals surface area contributed by atoms with Crippen LogP contribution in [0.5, 0.6) is 5.75 Å². The highest BCUT2D eigenvalue weighted by Crippen LogP contribution is 2.23. The molecule has 0 spiro atoms. The number of nitrogens with two attached hydrogens (primary N) is 1. The first-order chi connectivity index (χ1) is 12.4. The van der Waals surface area contributed by atoms with Crippen molar-refractivity contribution in [3.05, 3.63) is 54.5 Å². The summed E-state index contributed by atoms with van der Waals surface area (Å²) in [6.07, 6.45) is -2.33. The van der Waals surface area contributed by atoms with Gasteiger partial charge in [0.05, 0.1) is 0 Å². The van der Waals surface area contributed by atoms with E-state index in [1.165, 1.54) is 24.3 Å². The molecule has 0 saturated heterocycles. The highest BCUT2D eigenvalue weighted by atomic mass is 127. The first-order valence-corrected chi connectivity index (χ1v) is 7.62. The van der Waals surface area contributed by atoms with Gasteiger partial charge in [0.1, 0.15) is 11.6 Å². The Bertz CT molecular complexity index is 910. The van der Waals surface area contributed by atoms with Crippen molar-refractivity contribution >= 4 is 41.3 Å². The molecule has 3 aromatic rings. The summed E-state index contributed by atoms with van der Waals surface area (Å²) >= 11 is 0. The molecule has 0 fully saturated rings. The molecule has 7 nitrogen and oxygen atoms in total. The lowest BCUT2D eigenvalue weighted by molar-refractivity contribution is -0.274. The Kier molecular flexibility index (Phi) is 6.82. The van der Waals surface area contributed by atoms with E-state index in [0.29, 0.717) is 18.7 Å². The molecule has 3 rings (SSSR count). The number of alkyl halides is 3. The van der Waals surface area contributed by atoms with Crippen LogP contribution in [-0.4, -0.2) is 33.5 Å². The number of benzene rings is 1. The van der Waals surface area contributed by atoms with Gasteiger partial charge in [0.15, 0.2) is 11.6 Å². The number of nitrogens with one attached hydrogen (secondary N) is 1. The number of pyridine rings is 1. The Morgan fingerprint density at radius 3 is 2.59 bits per heavy atom. The number of halogens is 4. The molecule has 2 aromatic heterocycles. The van der Waals surface area contributed by atoms with Crippen LogP contribution >= 0.6 is 24.0 Å². The topological polar surface area (TPSA) is 89.8 Å². The average molecular weight is 492 g/mol. The van der Waals surface area contributed by atoms with E-state index in [1.807, 2.05) is 28.8 Å². The van der Waals surface area contributed by atoms with Crippen LogP contribution in [0.4, 0.5) is 18.9 Å². The Balaban J connectivity index is 0.00000261. The lowest BCUT2D eigenvalue weighted by atomic mass is 10.3. The zero-order valence-corrected chi connectivity index (χ0v) is 16.2. The van der Waals surface area contributed by atoms with E-state index in [1.54, 1.807) is 0 Å². The molecule has 0 bridgehead atoms. The zero-order valence-electron chi connectivity index (χ0n) is 13.8. The molecule has 1 aromatic carbocycles. The van der Waals surface area contributed by atoms with Crippen LogP contribution < -0.4 is 15.8 Å². The predicted octanol–water partition coefficient (Wildman–Crippen LogP) is 3.22. The van der Waals surface area contributed by atoms with Crippen LogP contribution in [-0.2, 0) is 6.42 Å². The molecule has 0 saturated carbocycles. The number of ether oxygens (including phenoxy) is 1. The van der Waals surface area contributed by atoms with Crippen LogP contribution in [0.1, 0.15) is 5.82 Å². The van der Waals surface area contributed by atoms with Gasteiger partial charge in [-0.2, -0.15) is 0 Å². The first-order valence-electron chi connectivity index (χ1n) is 7.62. The number of guanidine groups is 1. The predicted molar refractivity (Wildman–Crippen MR) is 105 cm³/mol. The summed E-state index contributed by atoms with van der Waals surface area (Å²) in [5, 5.41) is 10.9. The Morgan fingerprint density at radius 1 is 1.15 bits per heavy atom. The molecule has 11 heteroatoms. The molecule has 144 valence electrons. The average Bonchev–Trinajstić information content (AvgIpc) is 2.99. The molecule has 0 aliphatic heterocycles. The highest BCUT2D eigenvalue weighted by Gasteiger charge is 2.30. The van der Waals surface area contributed by atoms with Crippen LogP contribution in [0.3, 0.4) is 0 Å². The van der Waals surface area contributed by atoms with E-state index in [0.717, 1.165) is 11.5 Å². The summed E-state index contributed by atoms with van der Waals surface area (Å²) in [4.78, 5) is 4.17. The van der Waals surface area contributed by atoms with Gasteiger partial charge >= 0.3 is 6.36 Å². The second-order valence-corrected chi connectivity index (χ2v) is 5.26. The van der Waals surface area contributed by atoms with E-state index in [2.05, 4.69) is 25.2 Å². The number of aliphatic imine (C=N–C) groups is 1. The van der Waals surface area contributed by atoms with Crippen molar-refractivity contribution in [2.24, 2.45) is 10.7 Å². The minimum Gasteiger partial charge on any atom is -0.406 e. The maximum absolute atomic E-state index is 12.1. The first kappa shape index (κ1) is 20.7. The van der Waals surface area contributed by atoms with Gasteiger partial charge in [-0.05, 0) is 36.4 Å². The number of anilines is 1. The lowest BCUT2D eigenvalue weighted by Gasteiger charge is -2.10. The van der Waals surface area contributed by atoms with Gasteiger partial charge in [0.2, 0.25) is 0 Å². The van der Waals surface area contributed by atoms with Gasteiger partial charge < -0.3 is 15.8 Å². The number of aromatic nitrogens is 3. The fraction of sp³-hybridized carbons (Fsp3) is 0.188. The summed E-state index contributed by atoms with van der Waals surface area (Å²) in [5.41, 5.74) is 7.03. The second kappa shape index (κ2) is 8.88. The third-order valence-corrected chi connectivity index (χ3v) is 3.36. The third-order valence-electron chi connectivity index (χ3n) is 3.36. The monoisotopic (exact) mass is 492 g/mol. The molecule has 0 aliphatic carbocycles. The molecular weight excluding hydrogens is 476 g/mol. The van der Waals surface area contributed by atoms with Crippen molar-refractivity contribution in [2.45, 2.75) is 12.8 Å². The van der Waals surface area contributed by atoms with Gasteiger partial charge in [-0.15, -0.1) is 47.3 Å². The molecule has 27 heavy (non-hydrogen) atoms. The molecule has 0 amide bonds. The van der Waals surface area contributed by atoms with Crippen molar-refractivity contribution < 1.29 is 17.9 Å². The second-order valence-electron chi connectivity index (χ2n) is 5.26. The standard InChI is InChI=1S/C16H15F3N6O.HI/c17-16(18,19)26-12-6-4-11(5-7-12)22-15(20)21-9-8-14-24-23-13-3-1-2-10-25(13)14;/h1-7,10H,8-9H2,(H3,20,21,22);1H. The molecule has 3 N–H and O–H groups in total. The van der Waals surface area contributed by atoms with E-state index < -0.39 is 6.36 Å². The van der Waals surface area contributed by atoms with Gasteiger partial charge in [0, 0.05) is 24.8 Å². The maximum atomic E-state index is 12.1. The lowest BCUT2D eigenvalue weighted by Crippen LogP contribution is -2.23. The van der Waals surface area contributed by atoms with Crippen molar-refractivity contribution in [3.63, 3.8) is 0 Å². The Labute approximate surface area is 169 Å². The van der Waals surface area contributed by atoms with Gasteiger partial charge in [-0.25, -0.2) is 0 Å². The van der Waals surface area contributed by atoms with E-state index >= 15 is 0 Å².